The molecular formula is C20H28O. The van der Waals surface area contributed by atoms with E-state index in [-0.39, 0.29) is 0 Å². The summed E-state index contributed by atoms with van der Waals surface area (Å²) in [5, 5.41) is 10.3. The van der Waals surface area contributed by atoms with Crippen molar-refractivity contribution in [2.75, 3.05) is 0 Å². The second-order valence-corrected chi connectivity index (χ2v) is 7.97. The number of phenols is 1. The summed E-state index contributed by atoms with van der Waals surface area (Å²) in [4.78, 5) is 0. The molecule has 1 nitrogen and oxygen atoms in total. The van der Waals surface area contributed by atoms with Gasteiger partial charge >= 0.3 is 0 Å². The number of aromatic hydroxyl groups is 1. The van der Waals surface area contributed by atoms with Crippen LogP contribution in [0.25, 0.3) is 0 Å². The van der Waals surface area contributed by atoms with Crippen LogP contribution in [-0.2, 0) is 12.8 Å². The van der Waals surface area contributed by atoms with Gasteiger partial charge in [-0.15, -0.1) is 0 Å². The maximum atomic E-state index is 10.3. The van der Waals surface area contributed by atoms with Gasteiger partial charge in [-0.3, -0.25) is 0 Å². The molecule has 114 valence electrons. The summed E-state index contributed by atoms with van der Waals surface area (Å²) in [5.74, 6) is 2.28. The molecule has 2 aliphatic carbocycles. The van der Waals surface area contributed by atoms with E-state index in [1.165, 1.54) is 24.0 Å². The van der Waals surface area contributed by atoms with Crippen LogP contribution in [0.3, 0.4) is 0 Å². The fourth-order valence-electron chi connectivity index (χ4n) is 4.37. The Labute approximate surface area is 129 Å². The highest BCUT2D eigenvalue weighted by atomic mass is 16.3. The van der Waals surface area contributed by atoms with Crippen molar-refractivity contribution in [3.05, 3.63) is 41.0 Å². The average molecular weight is 284 g/mol. The van der Waals surface area contributed by atoms with Gasteiger partial charge in [-0.25, -0.2) is 0 Å². The molecule has 0 aliphatic heterocycles. The summed E-state index contributed by atoms with van der Waals surface area (Å²) in [7, 11) is 0. The molecule has 0 amide bonds. The number of fused-ring (bicyclic) bond motifs is 2. The molecule has 2 atom stereocenters. The number of rotatable bonds is 1. The normalized spacial score (nSPS) is 27.1. The Morgan fingerprint density at radius 3 is 2.67 bits per heavy atom. The van der Waals surface area contributed by atoms with Crippen LogP contribution in [0.5, 0.6) is 5.75 Å². The van der Waals surface area contributed by atoms with Gasteiger partial charge in [-0.2, -0.15) is 0 Å². The summed E-state index contributed by atoms with van der Waals surface area (Å²) in [6, 6.07) is 4.31. The fourth-order valence-corrected chi connectivity index (χ4v) is 4.37. The van der Waals surface area contributed by atoms with Gasteiger partial charge in [0.05, 0.1) is 0 Å². The van der Waals surface area contributed by atoms with E-state index in [2.05, 4.69) is 45.9 Å². The fraction of sp³-hybridized carbons (Fsp3) is 0.600. The van der Waals surface area contributed by atoms with Crippen LogP contribution in [0.15, 0.2) is 24.3 Å². The lowest BCUT2D eigenvalue weighted by Gasteiger charge is -2.40. The molecule has 1 aromatic rings. The largest absolute Gasteiger partial charge is 0.508 e. The van der Waals surface area contributed by atoms with Gasteiger partial charge in [0.1, 0.15) is 5.75 Å². The maximum Gasteiger partial charge on any atom is 0.119 e. The lowest BCUT2D eigenvalue weighted by atomic mass is 9.64. The van der Waals surface area contributed by atoms with Crippen molar-refractivity contribution in [1.29, 1.82) is 0 Å². The SMILES string of the molecule is CC(C)c1cc2c(cc1O)C[C@H]1C=CCC(C)(C)[C@@H]1CC2. The number of benzene rings is 1. The second-order valence-electron chi connectivity index (χ2n) is 7.97. The lowest BCUT2D eigenvalue weighted by Crippen LogP contribution is -2.32. The molecule has 0 spiro atoms. The maximum absolute atomic E-state index is 10.3. The molecule has 0 heterocycles. The van der Waals surface area contributed by atoms with Crippen LogP contribution in [0, 0.1) is 17.3 Å². The van der Waals surface area contributed by atoms with E-state index in [0.29, 0.717) is 23.0 Å². The zero-order valence-corrected chi connectivity index (χ0v) is 13.8. The van der Waals surface area contributed by atoms with Crippen molar-refractivity contribution in [2.45, 2.75) is 59.3 Å². The molecule has 0 unspecified atom stereocenters. The smallest absolute Gasteiger partial charge is 0.119 e. The highest BCUT2D eigenvalue weighted by Crippen LogP contribution is 2.46. The zero-order valence-electron chi connectivity index (χ0n) is 13.8. The topological polar surface area (TPSA) is 20.2 Å². The first-order chi connectivity index (χ1) is 9.88. The van der Waals surface area contributed by atoms with Crippen LogP contribution in [0.1, 0.15) is 63.1 Å². The Morgan fingerprint density at radius 1 is 1.19 bits per heavy atom. The Morgan fingerprint density at radius 2 is 1.95 bits per heavy atom. The Kier molecular flexibility index (Phi) is 3.63. The summed E-state index contributed by atoms with van der Waals surface area (Å²) in [5.41, 5.74) is 4.35. The molecule has 0 fully saturated rings. The Hall–Kier alpha value is -1.24. The van der Waals surface area contributed by atoms with E-state index in [4.69, 9.17) is 0 Å². The van der Waals surface area contributed by atoms with Crippen molar-refractivity contribution >= 4 is 0 Å². The van der Waals surface area contributed by atoms with E-state index in [1.54, 1.807) is 0 Å². The highest BCUT2D eigenvalue weighted by Gasteiger charge is 2.37. The van der Waals surface area contributed by atoms with Gasteiger partial charge in [0.25, 0.3) is 0 Å². The molecule has 0 saturated heterocycles. The summed E-state index contributed by atoms with van der Waals surface area (Å²) in [6.45, 7) is 9.15. The van der Waals surface area contributed by atoms with E-state index >= 15 is 0 Å². The summed E-state index contributed by atoms with van der Waals surface area (Å²) < 4.78 is 0. The third-order valence-electron chi connectivity index (χ3n) is 5.70. The third kappa shape index (κ3) is 2.63. The molecule has 0 saturated carbocycles. The van der Waals surface area contributed by atoms with Gasteiger partial charge in [0.2, 0.25) is 0 Å². The first-order valence-electron chi connectivity index (χ1n) is 8.40. The van der Waals surface area contributed by atoms with E-state index < -0.39 is 0 Å². The van der Waals surface area contributed by atoms with Crippen molar-refractivity contribution in [3.63, 3.8) is 0 Å². The first-order valence-corrected chi connectivity index (χ1v) is 8.40. The number of hydrogen-bond acceptors (Lipinski definition) is 1. The Bertz CT molecular complexity index is 565. The van der Waals surface area contributed by atoms with Crippen LogP contribution >= 0.6 is 0 Å². The monoisotopic (exact) mass is 284 g/mol. The predicted octanol–water partition coefficient (Wildman–Crippen LogP) is 5.22. The molecule has 1 aromatic carbocycles. The van der Waals surface area contributed by atoms with Gasteiger partial charge in [-0.1, -0.05) is 45.9 Å². The molecule has 2 aliphatic rings. The average Bonchev–Trinajstić information content (AvgIpc) is 2.56. The van der Waals surface area contributed by atoms with E-state index in [1.807, 2.05) is 6.07 Å². The molecule has 0 radical (unpaired) electrons. The molecule has 3 rings (SSSR count). The van der Waals surface area contributed by atoms with Crippen molar-refractivity contribution < 1.29 is 5.11 Å². The zero-order chi connectivity index (χ0) is 15.2. The highest BCUT2D eigenvalue weighted by molar-refractivity contribution is 5.44. The standard InChI is InChI=1S/C20H28O/c1-13(2)17-11-14-7-8-18-15(6-5-9-20(18,3)4)10-16(14)12-19(17)21/h5-6,11-13,15,18,21H,7-10H2,1-4H3/t15-,18-/m1/s1. The number of hydrogen-bond donors (Lipinski definition) is 1. The van der Waals surface area contributed by atoms with Crippen LogP contribution < -0.4 is 0 Å². The van der Waals surface area contributed by atoms with Crippen molar-refractivity contribution in [1.82, 2.24) is 0 Å². The minimum atomic E-state index is 0.386. The van der Waals surface area contributed by atoms with Gasteiger partial charge in [0.15, 0.2) is 0 Å². The molecule has 21 heavy (non-hydrogen) atoms. The van der Waals surface area contributed by atoms with Crippen LogP contribution in [0.2, 0.25) is 0 Å². The predicted molar refractivity (Wildman–Crippen MR) is 88.7 cm³/mol. The van der Waals surface area contributed by atoms with Crippen molar-refractivity contribution in [3.8, 4) is 5.75 Å². The van der Waals surface area contributed by atoms with Crippen LogP contribution in [-0.4, -0.2) is 5.11 Å². The minimum Gasteiger partial charge on any atom is -0.508 e. The minimum absolute atomic E-state index is 0.386. The van der Waals surface area contributed by atoms with E-state index in [9.17, 15) is 5.11 Å². The lowest BCUT2D eigenvalue weighted by molar-refractivity contribution is 0.144. The Balaban J connectivity index is 1.98. The van der Waals surface area contributed by atoms with Crippen LogP contribution in [0.4, 0.5) is 0 Å². The molecular weight excluding hydrogens is 256 g/mol. The van der Waals surface area contributed by atoms with Crippen molar-refractivity contribution in [2.24, 2.45) is 17.3 Å². The first kappa shape index (κ1) is 14.7. The molecule has 1 N–H and O–H groups in total. The van der Waals surface area contributed by atoms with Gasteiger partial charge < -0.3 is 5.11 Å². The quantitative estimate of drug-likeness (QED) is 0.701. The molecule has 0 bridgehead atoms. The third-order valence-corrected chi connectivity index (χ3v) is 5.70. The summed E-state index contributed by atoms with van der Waals surface area (Å²) in [6.07, 6.45) is 9.52. The second kappa shape index (κ2) is 5.19. The number of aryl methyl sites for hydroxylation is 1. The number of allylic oxidation sites excluding steroid dienone is 2. The number of phenolic OH excluding ortho intramolecular Hbond substituents is 1. The summed E-state index contributed by atoms with van der Waals surface area (Å²) >= 11 is 0. The van der Waals surface area contributed by atoms with Gasteiger partial charge in [-0.05, 0) is 71.6 Å². The van der Waals surface area contributed by atoms with E-state index in [0.717, 1.165) is 24.3 Å². The van der Waals surface area contributed by atoms with Gasteiger partial charge in [0, 0.05) is 0 Å². The molecule has 0 aromatic heterocycles. The molecule has 1 heteroatoms.